The second-order valence-corrected chi connectivity index (χ2v) is 7.82. The van der Waals surface area contributed by atoms with Gasteiger partial charge in [-0.2, -0.15) is 0 Å². The zero-order chi connectivity index (χ0) is 19.2. The van der Waals surface area contributed by atoms with E-state index in [1.165, 1.54) is 11.3 Å². The molecule has 0 amide bonds. The predicted molar refractivity (Wildman–Crippen MR) is 110 cm³/mol. The number of aromatic nitrogens is 2. The Morgan fingerprint density at radius 3 is 2.85 bits per heavy atom. The molecule has 1 atom stereocenters. The Balaban J connectivity index is 1.67. The van der Waals surface area contributed by atoms with Crippen LogP contribution in [0.1, 0.15) is 26.0 Å². The summed E-state index contributed by atoms with van der Waals surface area (Å²) < 4.78 is 2.12. The monoisotopic (exact) mass is 388 g/mol. The molecular weight excluding hydrogens is 360 g/mol. The molecule has 1 N–H and O–H groups in total. The normalized spacial score (nSPS) is 18.6. The van der Waals surface area contributed by atoms with Crippen LogP contribution in [0, 0.1) is 0 Å². The molecule has 3 heterocycles. The highest BCUT2D eigenvalue weighted by molar-refractivity contribution is 6.30. The molecule has 2 aromatic rings. The van der Waals surface area contributed by atoms with Crippen LogP contribution in [0.5, 0.6) is 0 Å². The van der Waals surface area contributed by atoms with E-state index in [-0.39, 0.29) is 6.61 Å². The smallest absolute Gasteiger partial charge is 0.136 e. The van der Waals surface area contributed by atoms with Gasteiger partial charge in [0.25, 0.3) is 0 Å². The van der Waals surface area contributed by atoms with Gasteiger partial charge in [-0.15, -0.1) is 0 Å². The minimum Gasteiger partial charge on any atom is -0.396 e. The molecule has 5 nitrogen and oxygen atoms in total. The van der Waals surface area contributed by atoms with Crippen LogP contribution >= 0.6 is 11.6 Å². The number of pyridine rings is 1. The van der Waals surface area contributed by atoms with Crippen LogP contribution in [0.2, 0.25) is 5.02 Å². The van der Waals surface area contributed by atoms with Crippen molar-refractivity contribution in [3.05, 3.63) is 59.0 Å². The topological polar surface area (TPSA) is 44.5 Å². The van der Waals surface area contributed by atoms with Gasteiger partial charge in [-0.05, 0) is 44.5 Å². The Kier molecular flexibility index (Phi) is 7.07. The summed E-state index contributed by atoms with van der Waals surface area (Å²) in [7, 11) is 0. The maximum atomic E-state index is 9.49. The lowest BCUT2D eigenvalue weighted by Gasteiger charge is -2.41. The Bertz CT molecular complexity index is 752. The van der Waals surface area contributed by atoms with Crippen LogP contribution in [-0.4, -0.2) is 63.3 Å². The van der Waals surface area contributed by atoms with E-state index in [2.05, 4.69) is 51.4 Å². The highest BCUT2D eigenvalue weighted by Crippen LogP contribution is 2.19. The number of rotatable bonds is 7. The van der Waals surface area contributed by atoms with Crippen LogP contribution in [0.25, 0.3) is 5.82 Å². The van der Waals surface area contributed by atoms with E-state index in [0.29, 0.717) is 11.1 Å². The first-order valence-corrected chi connectivity index (χ1v) is 9.93. The summed E-state index contributed by atoms with van der Waals surface area (Å²) in [6, 6.07) is 8.40. The summed E-state index contributed by atoms with van der Waals surface area (Å²) in [6.07, 6.45) is 6.81. The van der Waals surface area contributed by atoms with Gasteiger partial charge in [-0.1, -0.05) is 23.3 Å². The number of aliphatic hydroxyl groups is 1. The van der Waals surface area contributed by atoms with Crippen molar-refractivity contribution in [1.82, 2.24) is 19.4 Å². The molecule has 1 saturated heterocycles. The van der Waals surface area contributed by atoms with E-state index in [4.69, 9.17) is 11.6 Å². The van der Waals surface area contributed by atoms with Gasteiger partial charge in [0.15, 0.2) is 0 Å². The SMILES string of the molecule is CC(C)=CCN1CCN(Cc2cccn2-c2ccc(Cl)cn2)C[C@H]1CCO. The van der Waals surface area contributed by atoms with Crippen molar-refractivity contribution < 1.29 is 5.11 Å². The van der Waals surface area contributed by atoms with Crippen molar-refractivity contribution in [1.29, 1.82) is 0 Å². The average Bonchev–Trinajstić information content (AvgIpc) is 3.10. The van der Waals surface area contributed by atoms with Gasteiger partial charge >= 0.3 is 0 Å². The average molecular weight is 389 g/mol. The minimum absolute atomic E-state index is 0.231. The van der Waals surface area contributed by atoms with Gasteiger partial charge in [-0.25, -0.2) is 4.98 Å². The molecule has 1 aliphatic heterocycles. The number of nitrogens with zero attached hydrogens (tertiary/aromatic N) is 4. The van der Waals surface area contributed by atoms with Crippen molar-refractivity contribution in [2.24, 2.45) is 0 Å². The Labute approximate surface area is 166 Å². The highest BCUT2D eigenvalue weighted by atomic mass is 35.5. The largest absolute Gasteiger partial charge is 0.396 e. The molecule has 3 rings (SSSR count). The molecule has 146 valence electrons. The second-order valence-electron chi connectivity index (χ2n) is 7.38. The molecule has 1 aliphatic rings. The summed E-state index contributed by atoms with van der Waals surface area (Å²) in [4.78, 5) is 9.40. The molecular formula is C21H29ClN4O. The molecule has 0 radical (unpaired) electrons. The lowest BCUT2D eigenvalue weighted by atomic mass is 10.1. The summed E-state index contributed by atoms with van der Waals surface area (Å²) in [6.45, 7) is 9.35. The van der Waals surface area contributed by atoms with Crippen molar-refractivity contribution in [2.45, 2.75) is 32.9 Å². The Morgan fingerprint density at radius 2 is 2.15 bits per heavy atom. The van der Waals surface area contributed by atoms with Gasteiger partial charge in [0.05, 0.1) is 5.02 Å². The zero-order valence-electron chi connectivity index (χ0n) is 16.2. The molecule has 2 aromatic heterocycles. The molecule has 0 aromatic carbocycles. The molecule has 0 bridgehead atoms. The molecule has 6 heteroatoms. The standard InChI is InChI=1S/C21H29ClN4O/c1-17(2)7-10-25-12-11-24(15-19(25)8-13-27)16-20-4-3-9-26(20)21-6-5-18(22)14-23-21/h3-7,9,14,19,27H,8,10-13,15-16H2,1-2H3/t19-/m1/s1. The predicted octanol–water partition coefficient (Wildman–Crippen LogP) is 3.36. The number of aliphatic hydroxyl groups excluding tert-OH is 1. The number of halogens is 1. The maximum Gasteiger partial charge on any atom is 0.136 e. The first kappa shape index (κ1) is 20.1. The van der Waals surface area contributed by atoms with E-state index >= 15 is 0 Å². The summed E-state index contributed by atoms with van der Waals surface area (Å²) in [5, 5.41) is 10.1. The fourth-order valence-corrected chi connectivity index (χ4v) is 3.68. The number of piperazine rings is 1. The Morgan fingerprint density at radius 1 is 1.30 bits per heavy atom. The summed E-state index contributed by atoms with van der Waals surface area (Å²) in [5.74, 6) is 0.883. The van der Waals surface area contributed by atoms with Gasteiger partial charge in [0.1, 0.15) is 5.82 Å². The first-order chi connectivity index (χ1) is 13.1. The van der Waals surface area contributed by atoms with Crippen LogP contribution < -0.4 is 0 Å². The van der Waals surface area contributed by atoms with Gasteiger partial charge in [0, 0.05) is 63.5 Å². The second kappa shape index (κ2) is 9.51. The molecule has 1 fully saturated rings. The third kappa shape index (κ3) is 5.42. The number of allylic oxidation sites excluding steroid dienone is 1. The maximum absolute atomic E-state index is 9.49. The van der Waals surface area contributed by atoms with Gasteiger partial charge in [-0.3, -0.25) is 9.80 Å². The number of hydrogen-bond donors (Lipinski definition) is 1. The van der Waals surface area contributed by atoms with Gasteiger partial charge < -0.3 is 9.67 Å². The first-order valence-electron chi connectivity index (χ1n) is 9.55. The van der Waals surface area contributed by atoms with Crippen molar-refractivity contribution in [3.63, 3.8) is 0 Å². The van der Waals surface area contributed by atoms with Crippen molar-refractivity contribution in [3.8, 4) is 5.82 Å². The van der Waals surface area contributed by atoms with Crippen molar-refractivity contribution >= 4 is 11.6 Å². The van der Waals surface area contributed by atoms with Crippen molar-refractivity contribution in [2.75, 3.05) is 32.8 Å². The van der Waals surface area contributed by atoms with E-state index in [1.54, 1.807) is 6.20 Å². The number of hydrogen-bond acceptors (Lipinski definition) is 4. The van der Waals surface area contributed by atoms with Crippen LogP contribution in [-0.2, 0) is 6.54 Å². The lowest BCUT2D eigenvalue weighted by Crippen LogP contribution is -2.53. The third-order valence-corrected chi connectivity index (χ3v) is 5.29. The highest BCUT2D eigenvalue weighted by Gasteiger charge is 2.26. The molecule has 0 unspecified atom stereocenters. The molecule has 0 aliphatic carbocycles. The van der Waals surface area contributed by atoms with E-state index < -0.39 is 0 Å². The van der Waals surface area contributed by atoms with E-state index in [1.807, 2.05) is 18.3 Å². The molecule has 0 saturated carbocycles. The fourth-order valence-electron chi connectivity index (χ4n) is 3.57. The minimum atomic E-state index is 0.231. The third-order valence-electron chi connectivity index (χ3n) is 5.06. The quantitative estimate of drug-likeness (QED) is 0.739. The Hall–Kier alpha value is -1.66. The fraction of sp³-hybridized carbons (Fsp3) is 0.476. The van der Waals surface area contributed by atoms with Crippen LogP contribution in [0.4, 0.5) is 0 Å². The van der Waals surface area contributed by atoms with Gasteiger partial charge in [0.2, 0.25) is 0 Å². The zero-order valence-corrected chi connectivity index (χ0v) is 16.9. The summed E-state index contributed by atoms with van der Waals surface area (Å²) >= 11 is 5.96. The summed E-state index contributed by atoms with van der Waals surface area (Å²) in [5.41, 5.74) is 2.55. The molecule has 0 spiro atoms. The van der Waals surface area contributed by atoms with Crippen LogP contribution in [0.15, 0.2) is 48.3 Å². The van der Waals surface area contributed by atoms with E-state index in [0.717, 1.165) is 45.0 Å². The van der Waals surface area contributed by atoms with E-state index in [9.17, 15) is 5.11 Å². The lowest BCUT2D eigenvalue weighted by molar-refractivity contribution is 0.0627. The molecule has 27 heavy (non-hydrogen) atoms. The van der Waals surface area contributed by atoms with Crippen LogP contribution in [0.3, 0.4) is 0 Å².